The number of halogens is 1. The maximum Gasteiger partial charge on any atom is 0.319 e. The van der Waals surface area contributed by atoms with Crippen molar-refractivity contribution in [2.45, 2.75) is 43.9 Å². The van der Waals surface area contributed by atoms with Crippen LogP contribution in [0.25, 0.3) is 0 Å². The highest BCUT2D eigenvalue weighted by atomic mass is 19.1. The molecule has 0 spiro atoms. The van der Waals surface area contributed by atoms with E-state index in [1.807, 2.05) is 4.90 Å². The number of likely N-dealkylation sites (tertiary alicyclic amines) is 1. The summed E-state index contributed by atoms with van der Waals surface area (Å²) in [5.41, 5.74) is 0.449. The van der Waals surface area contributed by atoms with Gasteiger partial charge in [0.15, 0.2) is 0 Å². The fourth-order valence-corrected chi connectivity index (χ4v) is 3.43. The molecular formula is C20H26FN3O4. The molecule has 28 heavy (non-hydrogen) atoms. The van der Waals surface area contributed by atoms with Crippen LogP contribution < -0.4 is 10.6 Å². The predicted octanol–water partition coefficient (Wildman–Crippen LogP) is 2.03. The predicted molar refractivity (Wildman–Crippen MR) is 102 cm³/mol. The minimum absolute atomic E-state index is 0.0477. The van der Waals surface area contributed by atoms with Crippen molar-refractivity contribution in [1.29, 1.82) is 0 Å². The number of urea groups is 1. The maximum atomic E-state index is 12.9. The molecule has 0 aliphatic carbocycles. The van der Waals surface area contributed by atoms with Crippen molar-refractivity contribution in [1.82, 2.24) is 10.2 Å². The molecule has 1 fully saturated rings. The summed E-state index contributed by atoms with van der Waals surface area (Å²) in [6.07, 6.45) is 5.85. The third-order valence-electron chi connectivity index (χ3n) is 4.95. The van der Waals surface area contributed by atoms with Gasteiger partial charge in [-0.25, -0.2) is 9.18 Å². The Morgan fingerprint density at radius 2 is 1.86 bits per heavy atom. The van der Waals surface area contributed by atoms with E-state index in [9.17, 15) is 19.1 Å². The van der Waals surface area contributed by atoms with E-state index >= 15 is 0 Å². The molecule has 1 aromatic carbocycles. The van der Waals surface area contributed by atoms with Gasteiger partial charge in [-0.15, -0.1) is 0 Å². The number of carbonyl (C=O) groups excluding carboxylic acids is 2. The minimum atomic E-state index is -0.650. The van der Waals surface area contributed by atoms with Crippen LogP contribution in [0, 0.1) is 5.82 Å². The van der Waals surface area contributed by atoms with Gasteiger partial charge in [-0.3, -0.25) is 4.79 Å². The Morgan fingerprint density at radius 1 is 1.14 bits per heavy atom. The Bertz CT molecular complexity index is 704. The number of anilines is 1. The van der Waals surface area contributed by atoms with E-state index in [1.165, 1.54) is 24.3 Å². The highest BCUT2D eigenvalue weighted by Gasteiger charge is 2.30. The average molecular weight is 391 g/mol. The second-order valence-electron chi connectivity index (χ2n) is 7.06. The molecule has 1 saturated heterocycles. The quantitative estimate of drug-likeness (QED) is 0.670. The monoisotopic (exact) mass is 391 g/mol. The van der Waals surface area contributed by atoms with Gasteiger partial charge in [0.2, 0.25) is 5.91 Å². The first-order valence-electron chi connectivity index (χ1n) is 9.60. The van der Waals surface area contributed by atoms with Gasteiger partial charge in [0.05, 0.1) is 25.2 Å². The van der Waals surface area contributed by atoms with Crippen LogP contribution >= 0.6 is 0 Å². The van der Waals surface area contributed by atoms with Gasteiger partial charge in [0.25, 0.3) is 0 Å². The lowest BCUT2D eigenvalue weighted by Gasteiger charge is -2.33. The molecule has 152 valence electrons. The third-order valence-corrected chi connectivity index (χ3v) is 4.95. The van der Waals surface area contributed by atoms with E-state index in [2.05, 4.69) is 10.6 Å². The van der Waals surface area contributed by atoms with Crippen molar-refractivity contribution in [3.05, 3.63) is 42.2 Å². The van der Waals surface area contributed by atoms with Crippen molar-refractivity contribution in [2.75, 3.05) is 25.0 Å². The largest absolute Gasteiger partial charge is 0.394 e. The highest BCUT2D eigenvalue weighted by molar-refractivity contribution is 5.89. The molecule has 8 heteroatoms. The van der Waals surface area contributed by atoms with Crippen LogP contribution in [0.3, 0.4) is 0 Å². The van der Waals surface area contributed by atoms with Crippen LogP contribution in [0.2, 0.25) is 0 Å². The molecule has 3 rings (SSSR count). The zero-order valence-corrected chi connectivity index (χ0v) is 15.6. The summed E-state index contributed by atoms with van der Waals surface area (Å²) in [4.78, 5) is 26.4. The second-order valence-corrected chi connectivity index (χ2v) is 7.06. The fraction of sp³-hybridized carbons (Fsp3) is 0.500. The summed E-state index contributed by atoms with van der Waals surface area (Å²) < 4.78 is 18.7. The van der Waals surface area contributed by atoms with Gasteiger partial charge in [0.1, 0.15) is 11.9 Å². The summed E-state index contributed by atoms with van der Waals surface area (Å²) in [7, 11) is 0. The first-order valence-corrected chi connectivity index (χ1v) is 9.60. The van der Waals surface area contributed by atoms with E-state index in [0.717, 1.165) is 32.4 Å². The third kappa shape index (κ3) is 5.53. The fourth-order valence-electron chi connectivity index (χ4n) is 3.43. The minimum Gasteiger partial charge on any atom is -0.394 e. The number of ether oxygens (including phenoxy) is 1. The van der Waals surface area contributed by atoms with Crippen LogP contribution in [0.15, 0.2) is 36.4 Å². The molecule has 0 bridgehead atoms. The summed E-state index contributed by atoms with van der Waals surface area (Å²) in [5, 5.41) is 14.9. The standard InChI is InChI=1S/C20H26FN3O4/c21-14-4-6-15(7-5-14)22-20(27)23-17-9-8-16(28-18(17)13-25)12-19(26)24-10-2-1-3-11-24/h4-9,16-18,25H,1-3,10-13H2,(H2,22,23,27)/t16-,17+,18+/m0/s1. The first kappa shape index (κ1) is 20.3. The zero-order chi connectivity index (χ0) is 19.9. The van der Waals surface area contributed by atoms with E-state index in [0.29, 0.717) is 5.69 Å². The number of nitrogens with one attached hydrogen (secondary N) is 2. The van der Waals surface area contributed by atoms with Crippen LogP contribution in [0.4, 0.5) is 14.9 Å². The Hall–Kier alpha value is -2.45. The number of carbonyl (C=O) groups is 2. The Kier molecular flexibility index (Phi) is 7.00. The normalized spacial score (nSPS) is 24.6. The molecule has 2 aliphatic heterocycles. The number of aliphatic hydroxyl groups excluding tert-OH is 1. The molecular weight excluding hydrogens is 365 g/mol. The lowest BCUT2D eigenvalue weighted by Crippen LogP contribution is -2.50. The molecule has 7 nitrogen and oxygen atoms in total. The van der Waals surface area contributed by atoms with Gasteiger partial charge in [-0.1, -0.05) is 12.2 Å². The van der Waals surface area contributed by atoms with E-state index < -0.39 is 24.3 Å². The zero-order valence-electron chi connectivity index (χ0n) is 15.6. The Morgan fingerprint density at radius 3 is 2.54 bits per heavy atom. The van der Waals surface area contributed by atoms with Gasteiger partial charge in [0, 0.05) is 18.8 Å². The molecule has 2 heterocycles. The second kappa shape index (κ2) is 9.66. The molecule has 3 N–H and O–H groups in total. The molecule has 0 unspecified atom stereocenters. The number of benzene rings is 1. The number of aliphatic hydroxyl groups is 1. The summed E-state index contributed by atoms with van der Waals surface area (Å²) in [5.74, 6) is -0.341. The molecule has 3 atom stereocenters. The summed E-state index contributed by atoms with van der Waals surface area (Å²) >= 11 is 0. The van der Waals surface area contributed by atoms with Gasteiger partial charge < -0.3 is 25.4 Å². The number of hydrogen-bond acceptors (Lipinski definition) is 4. The molecule has 2 aliphatic rings. The molecule has 1 aromatic rings. The maximum absolute atomic E-state index is 12.9. The van der Waals surface area contributed by atoms with Gasteiger partial charge in [-0.05, 0) is 43.5 Å². The molecule has 3 amide bonds. The lowest BCUT2D eigenvalue weighted by molar-refractivity contribution is -0.136. The van der Waals surface area contributed by atoms with Crippen molar-refractivity contribution in [3.8, 4) is 0 Å². The van der Waals surface area contributed by atoms with Crippen molar-refractivity contribution in [2.24, 2.45) is 0 Å². The number of hydrogen-bond donors (Lipinski definition) is 3. The Balaban J connectivity index is 1.52. The Labute approximate surface area is 163 Å². The average Bonchev–Trinajstić information content (AvgIpc) is 2.71. The van der Waals surface area contributed by atoms with Gasteiger partial charge >= 0.3 is 6.03 Å². The van der Waals surface area contributed by atoms with Crippen molar-refractivity contribution in [3.63, 3.8) is 0 Å². The number of amides is 3. The summed E-state index contributed by atoms with van der Waals surface area (Å²) in [6.45, 7) is 1.28. The van der Waals surface area contributed by atoms with E-state index in [4.69, 9.17) is 4.74 Å². The topological polar surface area (TPSA) is 90.9 Å². The number of nitrogens with zero attached hydrogens (tertiary/aromatic N) is 1. The van der Waals surface area contributed by atoms with Gasteiger partial charge in [-0.2, -0.15) is 0 Å². The van der Waals surface area contributed by atoms with Crippen LogP contribution in [-0.4, -0.2) is 59.9 Å². The van der Waals surface area contributed by atoms with Crippen LogP contribution in [-0.2, 0) is 9.53 Å². The number of rotatable bonds is 5. The molecule has 0 saturated carbocycles. The van der Waals surface area contributed by atoms with Crippen molar-refractivity contribution < 1.29 is 23.8 Å². The molecule has 0 aromatic heterocycles. The smallest absolute Gasteiger partial charge is 0.319 e. The highest BCUT2D eigenvalue weighted by Crippen LogP contribution is 2.18. The van der Waals surface area contributed by atoms with Crippen LogP contribution in [0.5, 0.6) is 0 Å². The summed E-state index contributed by atoms with van der Waals surface area (Å²) in [6, 6.07) is 4.37. The van der Waals surface area contributed by atoms with E-state index in [-0.39, 0.29) is 24.8 Å². The SMILES string of the molecule is O=C(Nc1ccc(F)cc1)N[C@@H]1C=C[C@@H](CC(=O)N2CCCCC2)O[C@@H]1CO. The first-order chi connectivity index (χ1) is 13.5. The molecule has 0 radical (unpaired) electrons. The number of piperidine rings is 1. The lowest BCUT2D eigenvalue weighted by atomic mass is 10.0. The van der Waals surface area contributed by atoms with Crippen molar-refractivity contribution >= 4 is 17.6 Å². The van der Waals surface area contributed by atoms with Crippen LogP contribution in [0.1, 0.15) is 25.7 Å². The van der Waals surface area contributed by atoms with E-state index in [1.54, 1.807) is 12.2 Å².